The maximum absolute atomic E-state index is 12.5. The van der Waals surface area contributed by atoms with Crippen molar-refractivity contribution < 1.29 is 17.9 Å². The Kier molecular flexibility index (Phi) is 6.30. The van der Waals surface area contributed by atoms with Crippen molar-refractivity contribution in [3.63, 3.8) is 0 Å². The molecule has 0 heterocycles. The van der Waals surface area contributed by atoms with Gasteiger partial charge < -0.3 is 4.74 Å². The van der Waals surface area contributed by atoms with Crippen LogP contribution in [0.5, 0.6) is 0 Å². The van der Waals surface area contributed by atoms with Gasteiger partial charge in [0.2, 0.25) is 10.0 Å². The lowest BCUT2D eigenvalue weighted by Gasteiger charge is -2.32. The molecular formula is C24H33NO4S. The normalized spacial score (nSPS) is 20.5. The van der Waals surface area contributed by atoms with Crippen LogP contribution in [-0.4, -0.2) is 26.5 Å². The topological polar surface area (TPSA) is 72.5 Å². The highest BCUT2D eigenvalue weighted by Gasteiger charge is 2.51. The molecule has 1 N–H and O–H groups in total. The van der Waals surface area contributed by atoms with Gasteiger partial charge in [-0.3, -0.25) is 4.79 Å². The molecule has 1 atom stereocenters. The number of aryl methyl sites for hydroxylation is 1. The molecule has 5 nitrogen and oxygen atoms in total. The summed E-state index contributed by atoms with van der Waals surface area (Å²) in [4.78, 5) is 12.8. The van der Waals surface area contributed by atoms with Crippen LogP contribution in [0.4, 0.5) is 0 Å². The number of rotatable bonds is 7. The van der Waals surface area contributed by atoms with Crippen molar-refractivity contribution in [1.29, 1.82) is 0 Å². The average Bonchev–Trinajstić information content (AvgIpc) is 3.39. The summed E-state index contributed by atoms with van der Waals surface area (Å²) in [7, 11) is -3.53. The zero-order chi connectivity index (χ0) is 22.2. The first-order chi connectivity index (χ1) is 13.9. The van der Waals surface area contributed by atoms with Crippen molar-refractivity contribution in [3.8, 4) is 0 Å². The minimum atomic E-state index is -3.53. The van der Waals surface area contributed by atoms with E-state index < -0.39 is 15.6 Å². The van der Waals surface area contributed by atoms with Crippen molar-refractivity contribution in [3.05, 3.63) is 53.6 Å². The highest BCUT2D eigenvalue weighted by atomic mass is 32.2. The second kappa shape index (κ2) is 8.31. The van der Waals surface area contributed by atoms with E-state index in [9.17, 15) is 13.2 Å². The molecule has 0 aliphatic heterocycles. The molecule has 2 aliphatic rings. The largest absolute Gasteiger partial charge is 0.460 e. The zero-order valence-electron chi connectivity index (χ0n) is 18.5. The number of hydrogen-bond acceptors (Lipinski definition) is 4. The molecule has 0 aromatic heterocycles. The van der Waals surface area contributed by atoms with Crippen LogP contribution < -0.4 is 4.72 Å². The Hall–Kier alpha value is -1.92. The molecule has 3 rings (SSSR count). The fourth-order valence-corrected chi connectivity index (χ4v) is 5.15. The minimum Gasteiger partial charge on any atom is -0.460 e. The van der Waals surface area contributed by atoms with Crippen LogP contribution in [0.3, 0.4) is 0 Å². The van der Waals surface area contributed by atoms with Crippen LogP contribution in [0.2, 0.25) is 0 Å². The molecule has 30 heavy (non-hydrogen) atoms. The van der Waals surface area contributed by atoms with Crippen molar-refractivity contribution in [2.45, 2.75) is 70.3 Å². The molecule has 2 aliphatic carbocycles. The molecule has 1 saturated carbocycles. The van der Waals surface area contributed by atoms with Gasteiger partial charge in [-0.15, -0.1) is 0 Å². The van der Waals surface area contributed by atoms with Gasteiger partial charge in [-0.2, -0.15) is 0 Å². The summed E-state index contributed by atoms with van der Waals surface area (Å²) >= 11 is 0. The molecule has 0 amide bonds. The Balaban J connectivity index is 1.58. The third-order valence-electron chi connectivity index (χ3n) is 5.84. The van der Waals surface area contributed by atoms with Gasteiger partial charge in [0.25, 0.3) is 0 Å². The number of carbonyl (C=O) groups excluding carboxylic acids is 1. The van der Waals surface area contributed by atoms with Crippen molar-refractivity contribution >= 4 is 16.0 Å². The predicted octanol–water partition coefficient (Wildman–Crippen LogP) is 4.68. The summed E-state index contributed by atoms with van der Waals surface area (Å²) in [5.74, 6) is -0.233. The van der Waals surface area contributed by atoms with E-state index >= 15 is 0 Å². The summed E-state index contributed by atoms with van der Waals surface area (Å²) in [6.45, 7) is 12.1. The number of esters is 1. The molecule has 1 fully saturated rings. The van der Waals surface area contributed by atoms with Crippen LogP contribution in [0.1, 0.15) is 58.4 Å². The van der Waals surface area contributed by atoms with Gasteiger partial charge in [-0.1, -0.05) is 35.9 Å². The molecule has 1 spiro atoms. The quantitative estimate of drug-likeness (QED) is 0.637. The van der Waals surface area contributed by atoms with Crippen molar-refractivity contribution in [2.75, 3.05) is 6.54 Å². The third kappa shape index (κ3) is 5.41. The van der Waals surface area contributed by atoms with Gasteiger partial charge in [0.05, 0.1) is 10.8 Å². The standard InChI is InChI=1S/C24H33NO4S/c1-17-6-9-20(10-7-17)30(27,28)25-15-12-18(2)21-11-8-19(16-24(21)13-14-24)22(26)29-23(3,4)5/h6-7,9-11,19,25H,2,8,12-16H2,1,3-5H3. The first-order valence-corrected chi connectivity index (χ1v) is 12.1. The Morgan fingerprint density at radius 3 is 2.43 bits per heavy atom. The number of allylic oxidation sites excluding steroid dienone is 2. The molecule has 0 saturated heterocycles. The molecule has 6 heteroatoms. The Morgan fingerprint density at radius 2 is 1.87 bits per heavy atom. The van der Waals surface area contributed by atoms with Gasteiger partial charge >= 0.3 is 5.97 Å². The van der Waals surface area contributed by atoms with E-state index in [0.29, 0.717) is 19.4 Å². The smallest absolute Gasteiger partial charge is 0.309 e. The summed E-state index contributed by atoms with van der Waals surface area (Å²) in [5.41, 5.74) is 2.73. The minimum absolute atomic E-state index is 0.0206. The Labute approximate surface area is 180 Å². The Morgan fingerprint density at radius 1 is 1.23 bits per heavy atom. The van der Waals surface area contributed by atoms with Gasteiger partial charge in [0.15, 0.2) is 0 Å². The van der Waals surface area contributed by atoms with Gasteiger partial charge in [-0.05, 0) is 82.9 Å². The molecule has 1 aromatic rings. The monoisotopic (exact) mass is 431 g/mol. The molecule has 1 aromatic carbocycles. The van der Waals surface area contributed by atoms with Crippen molar-refractivity contribution in [2.24, 2.45) is 11.3 Å². The molecular weight excluding hydrogens is 398 g/mol. The number of benzene rings is 1. The van der Waals surface area contributed by atoms with E-state index in [1.807, 2.05) is 27.7 Å². The van der Waals surface area contributed by atoms with E-state index in [1.165, 1.54) is 5.57 Å². The Bertz CT molecular complexity index is 948. The number of sulfonamides is 1. The fraction of sp³-hybridized carbons (Fsp3) is 0.542. The number of nitrogens with one attached hydrogen (secondary N) is 1. The predicted molar refractivity (Wildman–Crippen MR) is 118 cm³/mol. The third-order valence-corrected chi connectivity index (χ3v) is 7.32. The molecule has 164 valence electrons. The van der Waals surface area contributed by atoms with Crippen LogP contribution in [0, 0.1) is 18.3 Å². The van der Waals surface area contributed by atoms with E-state index in [-0.39, 0.29) is 22.2 Å². The van der Waals surface area contributed by atoms with Crippen LogP contribution in [0.25, 0.3) is 0 Å². The van der Waals surface area contributed by atoms with E-state index in [4.69, 9.17) is 4.74 Å². The second-order valence-corrected chi connectivity index (χ2v) is 11.4. The van der Waals surface area contributed by atoms with Crippen LogP contribution in [0.15, 0.2) is 53.0 Å². The molecule has 0 bridgehead atoms. The first kappa shape index (κ1) is 22.8. The summed E-state index contributed by atoms with van der Waals surface area (Å²) < 4.78 is 33.2. The van der Waals surface area contributed by atoms with E-state index in [0.717, 1.165) is 30.4 Å². The molecule has 1 unspecified atom stereocenters. The van der Waals surface area contributed by atoms with Gasteiger partial charge in [0, 0.05) is 6.54 Å². The lowest BCUT2D eigenvalue weighted by molar-refractivity contribution is -0.160. The summed E-state index contributed by atoms with van der Waals surface area (Å²) in [5, 5.41) is 0. The first-order valence-electron chi connectivity index (χ1n) is 10.6. The maximum Gasteiger partial charge on any atom is 0.309 e. The van der Waals surface area contributed by atoms with Gasteiger partial charge in [0.1, 0.15) is 5.60 Å². The van der Waals surface area contributed by atoms with Crippen LogP contribution >= 0.6 is 0 Å². The SMILES string of the molecule is C=C(CCNS(=O)(=O)c1ccc(C)cc1)C1=CCC(C(=O)OC(C)(C)C)CC12CC2. The highest BCUT2D eigenvalue weighted by molar-refractivity contribution is 7.89. The fourth-order valence-electron chi connectivity index (χ4n) is 4.12. The lowest BCUT2D eigenvalue weighted by atomic mass is 9.75. The van der Waals surface area contributed by atoms with Crippen molar-refractivity contribution in [1.82, 2.24) is 4.72 Å². The zero-order valence-corrected chi connectivity index (χ0v) is 19.3. The average molecular weight is 432 g/mol. The lowest BCUT2D eigenvalue weighted by Crippen LogP contribution is -2.32. The van der Waals surface area contributed by atoms with Crippen LogP contribution in [-0.2, 0) is 19.6 Å². The second-order valence-electron chi connectivity index (χ2n) is 9.63. The summed E-state index contributed by atoms with van der Waals surface area (Å²) in [6.07, 6.45) is 6.22. The van der Waals surface area contributed by atoms with Gasteiger partial charge in [-0.25, -0.2) is 13.1 Å². The van der Waals surface area contributed by atoms with E-state index in [2.05, 4.69) is 17.4 Å². The number of hydrogen-bond donors (Lipinski definition) is 1. The summed E-state index contributed by atoms with van der Waals surface area (Å²) in [6, 6.07) is 6.81. The number of carbonyl (C=O) groups is 1. The van der Waals surface area contributed by atoms with E-state index in [1.54, 1.807) is 24.3 Å². The molecule has 0 radical (unpaired) electrons. The number of ether oxygens (including phenoxy) is 1. The maximum atomic E-state index is 12.5. The highest BCUT2D eigenvalue weighted by Crippen LogP contribution is 2.60.